The molecule has 2 nitrogen and oxygen atoms in total. The van der Waals surface area contributed by atoms with Crippen LogP contribution in [0.5, 0.6) is 5.75 Å². The van der Waals surface area contributed by atoms with Gasteiger partial charge in [-0.05, 0) is 54.7 Å². The Kier molecular flexibility index (Phi) is 3.53. The van der Waals surface area contributed by atoms with Crippen LogP contribution in [0.2, 0.25) is 5.02 Å². The molecule has 104 valence electrons. The molecule has 0 fully saturated rings. The fourth-order valence-electron chi connectivity index (χ4n) is 2.75. The van der Waals surface area contributed by atoms with E-state index in [-0.39, 0.29) is 16.8 Å². The quantitative estimate of drug-likeness (QED) is 0.842. The Morgan fingerprint density at radius 1 is 1.25 bits per heavy atom. The SMILES string of the molecule is Oc1ccc2c(c1)CCCC2Nc1cccc(Cl)c1F. The van der Waals surface area contributed by atoms with Gasteiger partial charge in [-0.2, -0.15) is 0 Å². The van der Waals surface area contributed by atoms with Gasteiger partial charge in [0.1, 0.15) is 5.75 Å². The van der Waals surface area contributed by atoms with Gasteiger partial charge in [0.25, 0.3) is 0 Å². The van der Waals surface area contributed by atoms with E-state index in [1.54, 1.807) is 24.3 Å². The van der Waals surface area contributed by atoms with Crippen LogP contribution >= 0.6 is 11.6 Å². The lowest BCUT2D eigenvalue weighted by Crippen LogP contribution is -2.17. The standard InChI is InChI=1S/C16H15ClFNO/c17-13-4-2-6-15(16(13)18)19-14-5-1-3-10-9-11(20)7-8-12(10)14/h2,4,6-9,14,19-20H,1,3,5H2. The molecule has 1 unspecified atom stereocenters. The lowest BCUT2D eigenvalue weighted by atomic mass is 9.87. The van der Waals surface area contributed by atoms with E-state index in [2.05, 4.69) is 5.32 Å². The second kappa shape index (κ2) is 5.33. The maximum atomic E-state index is 14.0. The van der Waals surface area contributed by atoms with Gasteiger partial charge >= 0.3 is 0 Å². The summed E-state index contributed by atoms with van der Waals surface area (Å²) in [6.45, 7) is 0. The number of aromatic hydroxyl groups is 1. The van der Waals surface area contributed by atoms with Gasteiger partial charge < -0.3 is 10.4 Å². The van der Waals surface area contributed by atoms with Gasteiger partial charge in [0, 0.05) is 0 Å². The first kappa shape index (κ1) is 13.3. The zero-order valence-corrected chi connectivity index (χ0v) is 11.6. The van der Waals surface area contributed by atoms with E-state index < -0.39 is 5.82 Å². The first-order valence-electron chi connectivity index (χ1n) is 6.67. The third kappa shape index (κ3) is 2.46. The zero-order valence-electron chi connectivity index (χ0n) is 10.9. The Bertz CT molecular complexity index is 644. The Morgan fingerprint density at radius 2 is 2.10 bits per heavy atom. The summed E-state index contributed by atoms with van der Waals surface area (Å²) in [6.07, 6.45) is 2.89. The first-order valence-corrected chi connectivity index (χ1v) is 7.05. The molecule has 0 heterocycles. The van der Waals surface area contributed by atoms with E-state index >= 15 is 0 Å². The van der Waals surface area contributed by atoms with Gasteiger partial charge in [0.2, 0.25) is 0 Å². The highest BCUT2D eigenvalue weighted by Gasteiger charge is 2.21. The van der Waals surface area contributed by atoms with Crippen molar-refractivity contribution in [1.82, 2.24) is 0 Å². The van der Waals surface area contributed by atoms with Gasteiger partial charge in [-0.25, -0.2) is 4.39 Å². The van der Waals surface area contributed by atoms with Gasteiger partial charge in [-0.15, -0.1) is 0 Å². The van der Waals surface area contributed by atoms with Crippen molar-refractivity contribution in [3.63, 3.8) is 0 Å². The molecule has 0 spiro atoms. The summed E-state index contributed by atoms with van der Waals surface area (Å²) >= 11 is 5.80. The molecular weight excluding hydrogens is 277 g/mol. The van der Waals surface area contributed by atoms with Gasteiger partial charge in [0.15, 0.2) is 5.82 Å². The maximum Gasteiger partial charge on any atom is 0.164 e. The van der Waals surface area contributed by atoms with E-state index in [9.17, 15) is 9.50 Å². The van der Waals surface area contributed by atoms with E-state index in [4.69, 9.17) is 11.6 Å². The molecule has 2 N–H and O–H groups in total. The minimum Gasteiger partial charge on any atom is -0.508 e. The number of fused-ring (bicyclic) bond motifs is 1. The molecule has 4 heteroatoms. The fraction of sp³-hybridized carbons (Fsp3) is 0.250. The van der Waals surface area contributed by atoms with E-state index in [1.165, 1.54) is 6.07 Å². The molecule has 0 bridgehead atoms. The van der Waals surface area contributed by atoms with Gasteiger partial charge in [-0.1, -0.05) is 23.7 Å². The number of hydrogen-bond acceptors (Lipinski definition) is 2. The number of anilines is 1. The maximum absolute atomic E-state index is 14.0. The Balaban J connectivity index is 1.91. The Hall–Kier alpha value is -1.74. The van der Waals surface area contributed by atoms with Crippen molar-refractivity contribution in [3.8, 4) is 5.75 Å². The monoisotopic (exact) mass is 291 g/mol. The third-order valence-electron chi connectivity index (χ3n) is 3.72. The number of hydrogen-bond donors (Lipinski definition) is 2. The second-order valence-corrected chi connectivity index (χ2v) is 5.48. The van der Waals surface area contributed by atoms with Crippen molar-refractivity contribution in [2.45, 2.75) is 25.3 Å². The molecule has 0 radical (unpaired) electrons. The minimum atomic E-state index is -0.417. The second-order valence-electron chi connectivity index (χ2n) is 5.07. The highest BCUT2D eigenvalue weighted by molar-refractivity contribution is 6.31. The number of phenolic OH excluding ortho intramolecular Hbond substituents is 1. The molecule has 0 saturated carbocycles. The summed E-state index contributed by atoms with van der Waals surface area (Å²) < 4.78 is 14.0. The average molecular weight is 292 g/mol. The summed E-state index contributed by atoms with van der Waals surface area (Å²) in [5.74, 6) is -0.140. The predicted octanol–water partition coefficient (Wildman–Crippen LogP) is 4.67. The molecule has 0 aromatic heterocycles. The van der Waals surface area contributed by atoms with Crippen molar-refractivity contribution in [2.75, 3.05) is 5.32 Å². The zero-order chi connectivity index (χ0) is 14.1. The van der Waals surface area contributed by atoms with Crippen LogP contribution in [0.4, 0.5) is 10.1 Å². The highest BCUT2D eigenvalue weighted by Crippen LogP contribution is 2.35. The number of halogens is 2. The molecule has 2 aromatic carbocycles. The molecule has 1 atom stereocenters. The number of nitrogens with one attached hydrogen (secondary N) is 1. The topological polar surface area (TPSA) is 32.3 Å². The van der Waals surface area contributed by atoms with Crippen LogP contribution in [0.15, 0.2) is 36.4 Å². The lowest BCUT2D eigenvalue weighted by Gasteiger charge is -2.27. The van der Waals surface area contributed by atoms with Crippen LogP contribution in [0.1, 0.15) is 30.0 Å². The molecular formula is C16H15ClFNO. The molecule has 3 rings (SSSR count). The summed E-state index contributed by atoms with van der Waals surface area (Å²) in [5.41, 5.74) is 2.66. The molecule has 0 aliphatic heterocycles. The van der Waals surface area contributed by atoms with Gasteiger partial charge in [-0.3, -0.25) is 0 Å². The summed E-state index contributed by atoms with van der Waals surface area (Å²) in [6, 6.07) is 10.4. The lowest BCUT2D eigenvalue weighted by molar-refractivity contribution is 0.472. The van der Waals surface area contributed by atoms with E-state index in [0.717, 1.165) is 30.4 Å². The third-order valence-corrected chi connectivity index (χ3v) is 4.01. The van der Waals surface area contributed by atoms with Crippen LogP contribution in [0.3, 0.4) is 0 Å². The average Bonchev–Trinajstić information content (AvgIpc) is 2.44. The van der Waals surface area contributed by atoms with Gasteiger partial charge in [0.05, 0.1) is 16.8 Å². The molecule has 0 amide bonds. The molecule has 1 aliphatic rings. The minimum absolute atomic E-state index is 0.0484. The van der Waals surface area contributed by atoms with Crippen molar-refractivity contribution >= 4 is 17.3 Å². The number of rotatable bonds is 2. The van der Waals surface area contributed by atoms with E-state index in [1.807, 2.05) is 6.07 Å². The van der Waals surface area contributed by atoms with Crippen molar-refractivity contribution in [3.05, 3.63) is 58.4 Å². The van der Waals surface area contributed by atoms with Crippen LogP contribution in [-0.4, -0.2) is 5.11 Å². The van der Waals surface area contributed by atoms with Crippen molar-refractivity contribution in [1.29, 1.82) is 0 Å². The van der Waals surface area contributed by atoms with Crippen LogP contribution < -0.4 is 5.32 Å². The van der Waals surface area contributed by atoms with Crippen molar-refractivity contribution in [2.24, 2.45) is 0 Å². The van der Waals surface area contributed by atoms with Crippen molar-refractivity contribution < 1.29 is 9.50 Å². The van der Waals surface area contributed by atoms with Crippen LogP contribution in [-0.2, 0) is 6.42 Å². The fourth-order valence-corrected chi connectivity index (χ4v) is 2.93. The smallest absolute Gasteiger partial charge is 0.164 e. The van der Waals surface area contributed by atoms with Crippen LogP contribution in [0, 0.1) is 5.82 Å². The number of benzene rings is 2. The van der Waals surface area contributed by atoms with E-state index in [0.29, 0.717) is 5.69 Å². The Morgan fingerprint density at radius 3 is 2.95 bits per heavy atom. The number of phenols is 1. The molecule has 2 aromatic rings. The molecule has 0 saturated heterocycles. The normalized spacial score (nSPS) is 17.6. The highest BCUT2D eigenvalue weighted by atomic mass is 35.5. The summed E-state index contributed by atoms with van der Waals surface area (Å²) in [7, 11) is 0. The summed E-state index contributed by atoms with van der Waals surface area (Å²) in [4.78, 5) is 0. The molecule has 1 aliphatic carbocycles. The van der Waals surface area contributed by atoms with Crippen LogP contribution in [0.25, 0.3) is 0 Å². The Labute approximate surface area is 122 Å². The number of aryl methyl sites for hydroxylation is 1. The summed E-state index contributed by atoms with van der Waals surface area (Å²) in [5, 5.41) is 12.9. The molecule has 20 heavy (non-hydrogen) atoms. The predicted molar refractivity (Wildman–Crippen MR) is 78.8 cm³/mol. The largest absolute Gasteiger partial charge is 0.508 e. The first-order chi connectivity index (χ1) is 9.65.